The lowest BCUT2D eigenvalue weighted by atomic mass is 10.1. The van der Waals surface area contributed by atoms with Crippen LogP contribution in [-0.4, -0.2) is 16.8 Å². The highest BCUT2D eigenvalue weighted by Gasteiger charge is 2.23. The highest BCUT2D eigenvalue weighted by molar-refractivity contribution is 8.00. The summed E-state index contributed by atoms with van der Waals surface area (Å²) in [5, 5.41) is 10.5. The van der Waals surface area contributed by atoms with E-state index in [-0.39, 0.29) is 11.8 Å². The molecule has 38 heavy (non-hydrogen) atoms. The van der Waals surface area contributed by atoms with Gasteiger partial charge >= 0.3 is 0 Å². The Labute approximate surface area is 241 Å². The number of thiophene rings is 1. The number of nitrogens with zero attached hydrogens (tertiary/aromatic N) is 1. The van der Waals surface area contributed by atoms with Crippen molar-refractivity contribution in [1.29, 1.82) is 0 Å². The molecule has 0 fully saturated rings. The number of anilines is 2. The average Bonchev–Trinajstić information content (AvgIpc) is 3.63. The fraction of sp³-hybridized carbons (Fsp3) is 0.0357. The normalized spacial score (nSPS) is 11.6. The molecule has 2 N–H and O–H groups in total. The number of aromatic nitrogens is 1. The molecule has 1 atom stereocenters. The molecule has 5 aromatic rings. The third-order valence-electron chi connectivity index (χ3n) is 5.40. The predicted molar refractivity (Wildman–Crippen MR) is 160 cm³/mol. The smallest absolute Gasteiger partial charge is 0.265 e. The fourth-order valence-corrected chi connectivity index (χ4v) is 6.21. The van der Waals surface area contributed by atoms with Crippen molar-refractivity contribution >= 4 is 80.3 Å². The van der Waals surface area contributed by atoms with Crippen molar-refractivity contribution in [2.45, 2.75) is 10.1 Å². The number of benzene rings is 3. The second-order valence-electron chi connectivity index (χ2n) is 8.02. The molecule has 5 rings (SSSR count). The number of hydrogen-bond acceptors (Lipinski definition) is 6. The van der Waals surface area contributed by atoms with E-state index < -0.39 is 5.25 Å². The van der Waals surface area contributed by atoms with E-state index in [1.807, 2.05) is 77.5 Å². The van der Waals surface area contributed by atoms with Gasteiger partial charge in [-0.25, -0.2) is 4.98 Å². The molecular weight excluding hydrogens is 577 g/mol. The van der Waals surface area contributed by atoms with Gasteiger partial charge in [0.25, 0.3) is 5.91 Å². The van der Waals surface area contributed by atoms with Gasteiger partial charge in [-0.3, -0.25) is 9.59 Å². The minimum Gasteiger partial charge on any atom is -0.321 e. The third-order valence-corrected chi connectivity index (χ3v) is 9.03. The summed E-state index contributed by atoms with van der Waals surface area (Å²) in [6.07, 6.45) is 0. The van der Waals surface area contributed by atoms with Gasteiger partial charge in [0.1, 0.15) is 5.25 Å². The number of thioether (sulfide) groups is 1. The largest absolute Gasteiger partial charge is 0.321 e. The van der Waals surface area contributed by atoms with Gasteiger partial charge in [-0.2, -0.15) is 0 Å². The van der Waals surface area contributed by atoms with E-state index in [9.17, 15) is 9.59 Å². The van der Waals surface area contributed by atoms with Crippen molar-refractivity contribution in [2.24, 2.45) is 0 Å². The number of thiazole rings is 1. The molecule has 3 aromatic carbocycles. The van der Waals surface area contributed by atoms with E-state index in [0.29, 0.717) is 31.4 Å². The minimum absolute atomic E-state index is 0.148. The number of carbonyl (C=O) groups is 2. The van der Waals surface area contributed by atoms with Crippen LogP contribution >= 0.6 is 57.6 Å². The molecule has 5 nitrogen and oxygen atoms in total. The number of carbonyl (C=O) groups excluding carboxylic acids is 2. The first-order chi connectivity index (χ1) is 18.5. The summed E-state index contributed by atoms with van der Waals surface area (Å²) in [6.45, 7) is 0. The van der Waals surface area contributed by atoms with Crippen LogP contribution in [0.15, 0.2) is 101 Å². The van der Waals surface area contributed by atoms with Crippen molar-refractivity contribution in [2.75, 3.05) is 10.6 Å². The summed E-state index contributed by atoms with van der Waals surface area (Å²) in [5.74, 6) is -0.336. The summed E-state index contributed by atoms with van der Waals surface area (Å²) >= 11 is 16.3. The standard InChI is InChI=1S/C28H19Cl2N3O2S3/c29-21-13-8-18(15-22(21)30)23-16-37-28(32-23)33-27(35)25(17-5-2-1-3-6-17)38-20-11-9-19(10-12-20)31-26(34)24-7-4-14-36-24/h1-16,25H,(H,31,34)(H,32,33,35). The molecular formula is C28H19Cl2N3O2S3. The summed E-state index contributed by atoms with van der Waals surface area (Å²) in [5.41, 5.74) is 3.07. The Kier molecular flexibility index (Phi) is 8.46. The Hall–Kier alpha value is -3.14. The monoisotopic (exact) mass is 595 g/mol. The van der Waals surface area contributed by atoms with E-state index >= 15 is 0 Å². The molecule has 10 heteroatoms. The zero-order valence-corrected chi connectivity index (χ0v) is 23.5. The van der Waals surface area contributed by atoms with Crippen molar-refractivity contribution in [3.8, 4) is 11.3 Å². The summed E-state index contributed by atoms with van der Waals surface area (Å²) in [6, 6.07) is 26.0. The fourth-order valence-electron chi connectivity index (χ4n) is 3.54. The van der Waals surface area contributed by atoms with E-state index in [0.717, 1.165) is 16.0 Å². The average molecular weight is 597 g/mol. The van der Waals surface area contributed by atoms with E-state index in [2.05, 4.69) is 15.6 Å². The molecule has 1 unspecified atom stereocenters. The maximum absolute atomic E-state index is 13.4. The van der Waals surface area contributed by atoms with Crippen LogP contribution in [0.3, 0.4) is 0 Å². The van der Waals surface area contributed by atoms with Gasteiger partial charge in [-0.1, -0.05) is 65.7 Å². The number of amides is 2. The first-order valence-electron chi connectivity index (χ1n) is 11.3. The molecule has 2 amide bonds. The van der Waals surface area contributed by atoms with Crippen molar-refractivity contribution in [3.05, 3.63) is 116 Å². The van der Waals surface area contributed by atoms with Crippen molar-refractivity contribution in [1.82, 2.24) is 4.98 Å². The Morgan fingerprint density at radius 3 is 2.34 bits per heavy atom. The minimum atomic E-state index is -0.514. The van der Waals surface area contributed by atoms with Crippen LogP contribution in [0, 0.1) is 0 Å². The van der Waals surface area contributed by atoms with Crippen molar-refractivity contribution in [3.63, 3.8) is 0 Å². The highest BCUT2D eigenvalue weighted by atomic mass is 35.5. The first kappa shape index (κ1) is 26.5. The van der Waals surface area contributed by atoms with Gasteiger partial charge in [0.2, 0.25) is 5.91 Å². The van der Waals surface area contributed by atoms with Crippen LogP contribution in [0.5, 0.6) is 0 Å². The SMILES string of the molecule is O=C(Nc1ccc(SC(C(=O)Nc2nc(-c3ccc(Cl)c(Cl)c3)cs2)c2ccccc2)cc1)c1cccs1. The van der Waals surface area contributed by atoms with Crippen LogP contribution in [0.4, 0.5) is 10.8 Å². The van der Waals surface area contributed by atoms with E-state index in [1.165, 1.54) is 34.4 Å². The van der Waals surface area contributed by atoms with Crippen molar-refractivity contribution < 1.29 is 9.59 Å². The summed E-state index contributed by atoms with van der Waals surface area (Å²) in [7, 11) is 0. The molecule has 0 aliphatic carbocycles. The number of hydrogen-bond donors (Lipinski definition) is 2. The van der Waals surface area contributed by atoms with Crippen LogP contribution in [0.2, 0.25) is 10.0 Å². The molecule has 190 valence electrons. The van der Waals surface area contributed by atoms with Crippen LogP contribution in [0.25, 0.3) is 11.3 Å². The molecule has 2 heterocycles. The predicted octanol–water partition coefficient (Wildman–Crippen LogP) is 8.90. The maximum atomic E-state index is 13.4. The molecule has 0 bridgehead atoms. The van der Waals surface area contributed by atoms with Crippen LogP contribution in [0.1, 0.15) is 20.5 Å². The molecule has 0 saturated carbocycles. The van der Waals surface area contributed by atoms with Crippen LogP contribution in [-0.2, 0) is 4.79 Å². The molecule has 0 radical (unpaired) electrons. The molecule has 2 aromatic heterocycles. The Balaban J connectivity index is 1.30. The number of rotatable bonds is 8. The second kappa shape index (κ2) is 12.1. The van der Waals surface area contributed by atoms with Gasteiger partial charge < -0.3 is 10.6 Å². The summed E-state index contributed by atoms with van der Waals surface area (Å²) in [4.78, 5) is 31.9. The van der Waals surface area contributed by atoms with Gasteiger partial charge in [0, 0.05) is 21.5 Å². The van der Waals surface area contributed by atoms with Crippen LogP contribution < -0.4 is 10.6 Å². The van der Waals surface area contributed by atoms with Gasteiger partial charge in [-0.15, -0.1) is 34.4 Å². The molecule has 0 spiro atoms. The van der Waals surface area contributed by atoms with E-state index in [1.54, 1.807) is 18.2 Å². The number of nitrogens with one attached hydrogen (secondary N) is 2. The third kappa shape index (κ3) is 6.46. The Morgan fingerprint density at radius 2 is 1.63 bits per heavy atom. The quantitative estimate of drug-likeness (QED) is 0.176. The number of halogens is 2. The lowest BCUT2D eigenvalue weighted by Gasteiger charge is -2.16. The highest BCUT2D eigenvalue weighted by Crippen LogP contribution is 2.37. The van der Waals surface area contributed by atoms with Gasteiger partial charge in [0.15, 0.2) is 5.13 Å². The second-order valence-corrected chi connectivity index (χ2v) is 11.8. The molecule has 0 aliphatic heterocycles. The summed E-state index contributed by atoms with van der Waals surface area (Å²) < 4.78 is 0. The van der Waals surface area contributed by atoms with E-state index in [4.69, 9.17) is 23.2 Å². The Bertz CT molecular complexity index is 1560. The molecule has 0 aliphatic rings. The Morgan fingerprint density at radius 1 is 0.842 bits per heavy atom. The zero-order valence-electron chi connectivity index (χ0n) is 19.6. The van der Waals surface area contributed by atoms with Gasteiger partial charge in [-0.05, 0) is 53.4 Å². The van der Waals surface area contributed by atoms with Gasteiger partial charge in [0.05, 0.1) is 20.6 Å². The first-order valence-corrected chi connectivity index (χ1v) is 14.7. The molecule has 0 saturated heterocycles. The lowest BCUT2D eigenvalue weighted by molar-refractivity contribution is -0.115. The zero-order chi connectivity index (χ0) is 26.5. The topological polar surface area (TPSA) is 71.1 Å². The maximum Gasteiger partial charge on any atom is 0.265 e. The lowest BCUT2D eigenvalue weighted by Crippen LogP contribution is -2.19.